The first-order chi connectivity index (χ1) is 14.0. The van der Waals surface area contributed by atoms with Crippen LogP contribution >= 0.6 is 0 Å². The van der Waals surface area contributed by atoms with Crippen molar-refractivity contribution in [1.82, 2.24) is 24.4 Å². The molecule has 0 saturated carbocycles. The lowest BCUT2D eigenvalue weighted by Crippen LogP contribution is -2.33. The highest BCUT2D eigenvalue weighted by molar-refractivity contribution is 5.81. The van der Waals surface area contributed by atoms with Gasteiger partial charge in [0, 0.05) is 26.0 Å². The van der Waals surface area contributed by atoms with Crippen molar-refractivity contribution in [3.8, 4) is 11.5 Å². The van der Waals surface area contributed by atoms with Crippen LogP contribution in [-0.2, 0) is 24.9 Å². The first-order valence-electron chi connectivity index (χ1n) is 9.01. The van der Waals surface area contributed by atoms with Crippen molar-refractivity contribution in [2.45, 2.75) is 13.1 Å². The van der Waals surface area contributed by atoms with E-state index in [1.807, 2.05) is 6.07 Å². The minimum atomic E-state index is -0.394. The van der Waals surface area contributed by atoms with Crippen molar-refractivity contribution < 1.29 is 9.18 Å². The molecule has 0 spiro atoms. The third kappa shape index (κ3) is 3.77. The average Bonchev–Trinajstić information content (AvgIpc) is 3.15. The van der Waals surface area contributed by atoms with E-state index in [0.717, 1.165) is 5.56 Å². The highest BCUT2D eigenvalue weighted by atomic mass is 19.1. The molecule has 0 saturated heterocycles. The van der Waals surface area contributed by atoms with Gasteiger partial charge in [0.15, 0.2) is 11.5 Å². The molecule has 0 aliphatic carbocycles. The zero-order chi connectivity index (χ0) is 20.4. The standard InChI is InChI=1S/C21H18FN5O2/c1-26-11-10-23-20(26)19-21(29)27(17-5-3-2-4-16(17)25-19)13-18(28)24-12-14-6-8-15(22)9-7-14/h2-11H,12-13H2,1H3,(H,24,28). The maximum absolute atomic E-state index is 13.1. The third-order valence-corrected chi connectivity index (χ3v) is 4.59. The fraction of sp³-hybridized carbons (Fsp3) is 0.143. The van der Waals surface area contributed by atoms with Crippen LogP contribution in [0.15, 0.2) is 65.7 Å². The molecule has 2 heterocycles. The molecule has 0 radical (unpaired) electrons. The third-order valence-electron chi connectivity index (χ3n) is 4.59. The van der Waals surface area contributed by atoms with Gasteiger partial charge in [0.05, 0.1) is 11.0 Å². The molecular weight excluding hydrogens is 373 g/mol. The fourth-order valence-corrected chi connectivity index (χ4v) is 3.09. The first-order valence-corrected chi connectivity index (χ1v) is 9.01. The van der Waals surface area contributed by atoms with Crippen LogP contribution in [0.25, 0.3) is 22.6 Å². The Morgan fingerprint density at radius 3 is 2.62 bits per heavy atom. The molecule has 146 valence electrons. The first kappa shape index (κ1) is 18.5. The van der Waals surface area contributed by atoms with E-state index in [0.29, 0.717) is 16.9 Å². The van der Waals surface area contributed by atoms with Gasteiger partial charge < -0.3 is 9.88 Å². The minimum Gasteiger partial charge on any atom is -0.350 e. The van der Waals surface area contributed by atoms with Crippen molar-refractivity contribution in [2.75, 3.05) is 0 Å². The van der Waals surface area contributed by atoms with Gasteiger partial charge >= 0.3 is 0 Å². The summed E-state index contributed by atoms with van der Waals surface area (Å²) >= 11 is 0. The summed E-state index contributed by atoms with van der Waals surface area (Å²) < 4.78 is 16.1. The molecule has 2 aromatic carbocycles. The molecular formula is C21H18FN5O2. The molecule has 4 aromatic rings. The number of nitrogens with one attached hydrogen (secondary N) is 1. The summed E-state index contributed by atoms with van der Waals surface area (Å²) in [6, 6.07) is 13.0. The second kappa shape index (κ2) is 7.67. The predicted octanol–water partition coefficient (Wildman–Crippen LogP) is 2.25. The van der Waals surface area contributed by atoms with Gasteiger partial charge in [-0.1, -0.05) is 24.3 Å². The molecule has 0 aliphatic heterocycles. The van der Waals surface area contributed by atoms with Crippen LogP contribution < -0.4 is 10.9 Å². The zero-order valence-corrected chi connectivity index (χ0v) is 15.7. The van der Waals surface area contributed by atoms with E-state index in [4.69, 9.17) is 0 Å². The van der Waals surface area contributed by atoms with Crippen LogP contribution in [0.2, 0.25) is 0 Å². The Labute approximate surface area is 165 Å². The van der Waals surface area contributed by atoms with Crippen molar-refractivity contribution in [2.24, 2.45) is 7.05 Å². The SMILES string of the molecule is Cn1ccnc1-c1nc2ccccc2n(CC(=O)NCc2ccc(F)cc2)c1=O. The monoisotopic (exact) mass is 391 g/mol. The van der Waals surface area contributed by atoms with Crippen LogP contribution in [0.4, 0.5) is 4.39 Å². The molecule has 8 heteroatoms. The second-order valence-electron chi connectivity index (χ2n) is 6.61. The summed E-state index contributed by atoms with van der Waals surface area (Å²) in [7, 11) is 1.78. The number of aryl methyl sites for hydroxylation is 1. The molecule has 7 nitrogen and oxygen atoms in total. The molecule has 1 N–H and O–H groups in total. The van der Waals surface area contributed by atoms with Gasteiger partial charge in [0.1, 0.15) is 12.4 Å². The zero-order valence-electron chi connectivity index (χ0n) is 15.7. The van der Waals surface area contributed by atoms with E-state index in [2.05, 4.69) is 15.3 Å². The smallest absolute Gasteiger partial charge is 0.281 e. The molecule has 29 heavy (non-hydrogen) atoms. The van der Waals surface area contributed by atoms with E-state index in [9.17, 15) is 14.0 Å². The normalized spacial score (nSPS) is 11.0. The van der Waals surface area contributed by atoms with Crippen molar-refractivity contribution in [3.05, 3.63) is 82.7 Å². The Bertz CT molecular complexity index is 1240. The molecule has 0 unspecified atom stereocenters. The van der Waals surface area contributed by atoms with Gasteiger partial charge in [-0.3, -0.25) is 14.2 Å². The summed E-state index contributed by atoms with van der Waals surface area (Å²) in [5.41, 5.74) is 1.71. The van der Waals surface area contributed by atoms with Gasteiger partial charge in [-0.05, 0) is 29.8 Å². The number of nitrogens with zero attached hydrogens (tertiary/aromatic N) is 4. The Kier molecular flexibility index (Phi) is 4.90. The number of fused-ring (bicyclic) bond motifs is 1. The molecule has 0 atom stereocenters. The van der Waals surface area contributed by atoms with Crippen molar-refractivity contribution >= 4 is 16.9 Å². The lowest BCUT2D eigenvalue weighted by atomic mass is 10.2. The van der Waals surface area contributed by atoms with Gasteiger partial charge in [0.25, 0.3) is 5.56 Å². The summed E-state index contributed by atoms with van der Waals surface area (Å²) in [5.74, 6) is -0.239. The van der Waals surface area contributed by atoms with Crippen molar-refractivity contribution in [3.63, 3.8) is 0 Å². The molecule has 0 fully saturated rings. The van der Waals surface area contributed by atoms with E-state index < -0.39 is 5.56 Å². The van der Waals surface area contributed by atoms with E-state index in [1.165, 1.54) is 16.7 Å². The lowest BCUT2D eigenvalue weighted by Gasteiger charge is -2.12. The Hall–Kier alpha value is -3.81. The number of halogens is 1. The van der Waals surface area contributed by atoms with Gasteiger partial charge in [-0.2, -0.15) is 0 Å². The minimum absolute atomic E-state index is 0.166. The van der Waals surface area contributed by atoms with Gasteiger partial charge in [0.2, 0.25) is 5.91 Å². The Morgan fingerprint density at radius 2 is 1.90 bits per heavy atom. The van der Waals surface area contributed by atoms with Crippen LogP contribution in [0.5, 0.6) is 0 Å². The fourth-order valence-electron chi connectivity index (χ4n) is 3.09. The summed E-state index contributed by atoms with van der Waals surface area (Å²) in [5, 5.41) is 2.76. The van der Waals surface area contributed by atoms with E-state index in [-0.39, 0.29) is 30.5 Å². The van der Waals surface area contributed by atoms with Crippen LogP contribution in [-0.4, -0.2) is 25.0 Å². The summed E-state index contributed by atoms with van der Waals surface area (Å²) in [4.78, 5) is 34.3. The maximum Gasteiger partial charge on any atom is 0.281 e. The molecule has 0 aliphatic rings. The maximum atomic E-state index is 13.1. The van der Waals surface area contributed by atoms with Gasteiger partial charge in [-0.15, -0.1) is 0 Å². The number of hydrogen-bond acceptors (Lipinski definition) is 4. The second-order valence-corrected chi connectivity index (χ2v) is 6.61. The number of carbonyl (C=O) groups is 1. The lowest BCUT2D eigenvalue weighted by molar-refractivity contribution is -0.121. The molecule has 2 aromatic heterocycles. The largest absolute Gasteiger partial charge is 0.350 e. The summed E-state index contributed by atoms with van der Waals surface area (Å²) in [6.45, 7) is 0.0730. The Balaban J connectivity index is 1.66. The molecule has 0 bridgehead atoms. The van der Waals surface area contributed by atoms with Gasteiger partial charge in [-0.25, -0.2) is 14.4 Å². The van der Waals surface area contributed by atoms with E-state index >= 15 is 0 Å². The highest BCUT2D eigenvalue weighted by Gasteiger charge is 2.17. The van der Waals surface area contributed by atoms with Crippen LogP contribution in [0.3, 0.4) is 0 Å². The van der Waals surface area contributed by atoms with Crippen molar-refractivity contribution in [1.29, 1.82) is 0 Å². The average molecular weight is 391 g/mol. The number of aromatic nitrogens is 4. The number of carbonyl (C=O) groups excluding carboxylic acids is 1. The predicted molar refractivity (Wildman–Crippen MR) is 106 cm³/mol. The number of para-hydroxylation sites is 2. The number of hydrogen-bond donors (Lipinski definition) is 1. The number of benzene rings is 2. The highest BCUT2D eigenvalue weighted by Crippen LogP contribution is 2.16. The summed E-state index contributed by atoms with van der Waals surface area (Å²) in [6.07, 6.45) is 3.32. The number of amides is 1. The topological polar surface area (TPSA) is 81.8 Å². The van der Waals surface area contributed by atoms with Crippen LogP contribution in [0.1, 0.15) is 5.56 Å². The van der Waals surface area contributed by atoms with E-state index in [1.54, 1.807) is 54.3 Å². The molecule has 4 rings (SSSR count). The number of rotatable bonds is 5. The van der Waals surface area contributed by atoms with Crippen LogP contribution in [0, 0.1) is 5.82 Å². The molecule has 1 amide bonds. The number of imidazole rings is 1. The quantitative estimate of drug-likeness (QED) is 0.566. The Morgan fingerprint density at radius 1 is 1.14 bits per heavy atom.